The van der Waals surface area contributed by atoms with Crippen molar-refractivity contribution < 1.29 is 0 Å². The van der Waals surface area contributed by atoms with Crippen molar-refractivity contribution in [3.05, 3.63) is 11.4 Å². The Hall–Kier alpha value is 0.01000. The van der Waals surface area contributed by atoms with Gasteiger partial charge in [-0.15, -0.1) is 5.10 Å². The summed E-state index contributed by atoms with van der Waals surface area (Å²) in [6.45, 7) is 7.11. The van der Waals surface area contributed by atoms with Gasteiger partial charge in [-0.2, -0.15) is 0 Å². The molecule has 3 nitrogen and oxygen atoms in total. The van der Waals surface area contributed by atoms with Crippen LogP contribution in [0.5, 0.6) is 0 Å². The summed E-state index contributed by atoms with van der Waals surface area (Å²) < 4.78 is 0.341. The largest absolute Gasteiger partial charge is 0.249 e. The number of hydrogen-bond acceptors (Lipinski definition) is 2. The predicted octanol–water partition coefficient (Wildman–Crippen LogP) is 3.71. The minimum Gasteiger partial charge on any atom is -0.249 e. The van der Waals surface area contributed by atoms with Gasteiger partial charge in [-0.3, -0.25) is 0 Å². The Morgan fingerprint density at radius 1 is 1.31 bits per heavy atom. The maximum atomic E-state index is 5.88. The maximum absolute atomic E-state index is 5.88. The van der Waals surface area contributed by atoms with E-state index in [1.54, 1.807) is 0 Å². The van der Waals surface area contributed by atoms with E-state index in [4.69, 9.17) is 34.8 Å². The van der Waals surface area contributed by atoms with E-state index < -0.39 is 3.79 Å². The Morgan fingerprint density at radius 2 is 1.94 bits per heavy atom. The standard InChI is InChI=1S/C10H16Cl3N3/c1-4-5-16-8(6-7(2)3)9(14-15-16)10(11,12)13/h7H,4-6H2,1-3H3. The van der Waals surface area contributed by atoms with Crippen LogP contribution in [0.4, 0.5) is 0 Å². The first-order valence-corrected chi connectivity index (χ1v) is 6.49. The van der Waals surface area contributed by atoms with Crippen LogP contribution in [0.2, 0.25) is 0 Å². The molecular formula is C10H16Cl3N3. The molecule has 92 valence electrons. The van der Waals surface area contributed by atoms with Crippen molar-refractivity contribution in [3.8, 4) is 0 Å². The van der Waals surface area contributed by atoms with Crippen LogP contribution in [0, 0.1) is 5.92 Å². The van der Waals surface area contributed by atoms with Crippen LogP contribution in [0.15, 0.2) is 0 Å². The fourth-order valence-corrected chi connectivity index (χ4v) is 1.97. The molecule has 0 saturated carbocycles. The molecule has 0 aliphatic rings. The van der Waals surface area contributed by atoms with Crippen LogP contribution in [-0.4, -0.2) is 15.0 Å². The molecule has 6 heteroatoms. The Labute approximate surface area is 111 Å². The fraction of sp³-hybridized carbons (Fsp3) is 0.800. The first kappa shape index (κ1) is 14.1. The van der Waals surface area contributed by atoms with Gasteiger partial charge < -0.3 is 0 Å². The molecular weight excluding hydrogens is 268 g/mol. The van der Waals surface area contributed by atoms with Gasteiger partial charge in [-0.25, -0.2) is 4.68 Å². The van der Waals surface area contributed by atoms with Crippen molar-refractivity contribution in [2.45, 2.75) is 44.0 Å². The lowest BCUT2D eigenvalue weighted by atomic mass is 10.1. The van der Waals surface area contributed by atoms with E-state index in [9.17, 15) is 0 Å². The minimum atomic E-state index is -1.49. The Morgan fingerprint density at radius 3 is 2.38 bits per heavy atom. The first-order chi connectivity index (χ1) is 7.36. The summed E-state index contributed by atoms with van der Waals surface area (Å²) >= 11 is 17.6. The van der Waals surface area contributed by atoms with Crippen LogP contribution in [0.3, 0.4) is 0 Å². The molecule has 1 aromatic heterocycles. The van der Waals surface area contributed by atoms with Gasteiger partial charge in [0.05, 0.1) is 5.69 Å². The SMILES string of the molecule is CCCn1nnc(C(Cl)(Cl)Cl)c1CC(C)C. The molecule has 0 atom stereocenters. The van der Waals surface area contributed by atoms with Crippen LogP contribution in [0.1, 0.15) is 38.6 Å². The van der Waals surface area contributed by atoms with Crippen molar-refractivity contribution in [2.24, 2.45) is 5.92 Å². The normalized spacial score (nSPS) is 12.4. The highest BCUT2D eigenvalue weighted by atomic mass is 35.6. The molecule has 16 heavy (non-hydrogen) atoms. The lowest BCUT2D eigenvalue weighted by molar-refractivity contribution is 0.526. The Balaban J connectivity index is 3.09. The number of aromatic nitrogens is 3. The molecule has 0 unspecified atom stereocenters. The highest BCUT2D eigenvalue weighted by Crippen LogP contribution is 2.39. The second-order valence-electron chi connectivity index (χ2n) is 4.20. The number of hydrogen-bond donors (Lipinski definition) is 0. The van der Waals surface area contributed by atoms with Crippen molar-refractivity contribution in [1.82, 2.24) is 15.0 Å². The Kier molecular flexibility index (Phi) is 4.89. The molecule has 0 amide bonds. The summed E-state index contributed by atoms with van der Waals surface area (Å²) in [6.07, 6.45) is 1.80. The molecule has 1 aromatic rings. The van der Waals surface area contributed by atoms with Gasteiger partial charge in [0.2, 0.25) is 3.79 Å². The third-order valence-electron chi connectivity index (χ3n) is 2.14. The molecule has 1 heterocycles. The van der Waals surface area contributed by atoms with E-state index in [-0.39, 0.29) is 0 Å². The fourth-order valence-electron chi connectivity index (χ4n) is 1.53. The predicted molar refractivity (Wildman–Crippen MR) is 68.1 cm³/mol. The van der Waals surface area contributed by atoms with Crippen LogP contribution >= 0.6 is 34.8 Å². The quantitative estimate of drug-likeness (QED) is 0.789. The molecule has 0 radical (unpaired) electrons. The van der Waals surface area contributed by atoms with E-state index in [0.29, 0.717) is 11.6 Å². The molecule has 0 fully saturated rings. The molecule has 0 N–H and O–H groups in total. The topological polar surface area (TPSA) is 30.7 Å². The summed E-state index contributed by atoms with van der Waals surface area (Å²) in [5, 5.41) is 8.01. The van der Waals surface area contributed by atoms with E-state index >= 15 is 0 Å². The highest BCUT2D eigenvalue weighted by Gasteiger charge is 2.31. The molecule has 0 spiro atoms. The van der Waals surface area contributed by atoms with Crippen molar-refractivity contribution in [1.29, 1.82) is 0 Å². The lowest BCUT2D eigenvalue weighted by Crippen LogP contribution is -2.12. The summed E-state index contributed by atoms with van der Waals surface area (Å²) in [4.78, 5) is 0. The van der Waals surface area contributed by atoms with Gasteiger partial charge in [-0.05, 0) is 18.8 Å². The summed E-state index contributed by atoms with van der Waals surface area (Å²) in [5.41, 5.74) is 1.39. The van der Waals surface area contributed by atoms with Crippen molar-refractivity contribution in [2.75, 3.05) is 0 Å². The summed E-state index contributed by atoms with van der Waals surface area (Å²) in [6, 6.07) is 0. The van der Waals surface area contributed by atoms with E-state index in [1.165, 1.54) is 0 Å². The summed E-state index contributed by atoms with van der Waals surface area (Å²) in [7, 11) is 0. The molecule has 1 rings (SSSR count). The van der Waals surface area contributed by atoms with E-state index in [2.05, 4.69) is 31.1 Å². The number of nitrogens with zero attached hydrogens (tertiary/aromatic N) is 3. The smallest absolute Gasteiger partial charge is 0.236 e. The van der Waals surface area contributed by atoms with E-state index in [1.807, 2.05) is 4.68 Å². The Bertz CT molecular complexity index is 342. The minimum absolute atomic E-state index is 0.458. The van der Waals surface area contributed by atoms with Crippen molar-refractivity contribution >= 4 is 34.8 Å². The molecule has 0 aliphatic carbocycles. The maximum Gasteiger partial charge on any atom is 0.236 e. The molecule has 0 bridgehead atoms. The van der Waals surface area contributed by atoms with E-state index in [0.717, 1.165) is 25.1 Å². The van der Waals surface area contributed by atoms with Crippen LogP contribution < -0.4 is 0 Å². The number of alkyl halides is 3. The van der Waals surface area contributed by atoms with Crippen LogP contribution in [0.25, 0.3) is 0 Å². The van der Waals surface area contributed by atoms with Gasteiger partial charge in [0.25, 0.3) is 0 Å². The zero-order chi connectivity index (χ0) is 12.3. The van der Waals surface area contributed by atoms with Gasteiger partial charge in [0.15, 0.2) is 0 Å². The molecule has 0 saturated heterocycles. The number of halogens is 3. The lowest BCUT2D eigenvalue weighted by Gasteiger charge is -2.13. The first-order valence-electron chi connectivity index (χ1n) is 5.35. The molecule has 0 aromatic carbocycles. The monoisotopic (exact) mass is 283 g/mol. The third kappa shape index (κ3) is 3.51. The third-order valence-corrected chi connectivity index (χ3v) is 2.68. The second-order valence-corrected chi connectivity index (χ2v) is 6.48. The van der Waals surface area contributed by atoms with Gasteiger partial charge in [0.1, 0.15) is 5.69 Å². The zero-order valence-electron chi connectivity index (χ0n) is 9.67. The van der Waals surface area contributed by atoms with Crippen molar-refractivity contribution in [3.63, 3.8) is 0 Å². The van der Waals surface area contributed by atoms with Gasteiger partial charge in [0, 0.05) is 6.54 Å². The molecule has 0 aliphatic heterocycles. The average Bonchev–Trinajstić information content (AvgIpc) is 2.47. The number of rotatable bonds is 4. The van der Waals surface area contributed by atoms with Crippen LogP contribution in [-0.2, 0) is 16.8 Å². The second kappa shape index (κ2) is 5.56. The number of aryl methyl sites for hydroxylation is 1. The average molecular weight is 285 g/mol. The zero-order valence-corrected chi connectivity index (χ0v) is 11.9. The summed E-state index contributed by atoms with van der Waals surface area (Å²) in [5.74, 6) is 0.472. The highest BCUT2D eigenvalue weighted by molar-refractivity contribution is 6.66. The van der Waals surface area contributed by atoms with Gasteiger partial charge >= 0.3 is 0 Å². The van der Waals surface area contributed by atoms with Gasteiger partial charge in [-0.1, -0.05) is 60.8 Å².